The molecular weight excluding hydrogens is 291 g/mol. The number of nitrogens with two attached hydrogens (primary N) is 1. The third kappa shape index (κ3) is 3.81. The van der Waals surface area contributed by atoms with Gasteiger partial charge in [-0.1, -0.05) is 25.4 Å². The highest BCUT2D eigenvalue weighted by Crippen LogP contribution is 2.27. The van der Waals surface area contributed by atoms with Gasteiger partial charge in [0.05, 0.1) is 5.69 Å². The summed E-state index contributed by atoms with van der Waals surface area (Å²) in [4.78, 5) is -0.483. The minimum atomic E-state index is -3.92. The second kappa shape index (κ2) is 6.07. The first-order valence-electron chi connectivity index (χ1n) is 5.87. The van der Waals surface area contributed by atoms with Crippen LogP contribution in [0.15, 0.2) is 17.0 Å². The van der Waals surface area contributed by atoms with Crippen LogP contribution in [0.25, 0.3) is 0 Å². The van der Waals surface area contributed by atoms with E-state index < -0.39 is 20.7 Å². The van der Waals surface area contributed by atoms with Crippen molar-refractivity contribution < 1.29 is 12.8 Å². The Hall–Kier alpha value is -0.850. The van der Waals surface area contributed by atoms with Crippen LogP contribution in [0, 0.1) is 11.7 Å². The average Bonchev–Trinajstić information content (AvgIpc) is 2.30. The summed E-state index contributed by atoms with van der Waals surface area (Å²) >= 11 is 5.73. The molecule has 0 heterocycles. The molecule has 7 heteroatoms. The molecule has 0 aliphatic carbocycles. The van der Waals surface area contributed by atoms with Crippen molar-refractivity contribution in [2.24, 2.45) is 5.92 Å². The molecule has 0 unspecified atom stereocenters. The fraction of sp³-hybridized carbons (Fsp3) is 0.500. The van der Waals surface area contributed by atoms with E-state index in [-0.39, 0.29) is 10.7 Å². The van der Waals surface area contributed by atoms with Gasteiger partial charge in [-0.2, -0.15) is 0 Å². The first-order chi connectivity index (χ1) is 8.66. The normalized spacial score (nSPS) is 12.4. The van der Waals surface area contributed by atoms with Gasteiger partial charge in [-0.05, 0) is 24.5 Å². The molecule has 0 fully saturated rings. The van der Waals surface area contributed by atoms with Gasteiger partial charge in [0.1, 0.15) is 4.90 Å². The molecule has 1 aromatic rings. The van der Waals surface area contributed by atoms with E-state index in [1.54, 1.807) is 0 Å². The van der Waals surface area contributed by atoms with Crippen molar-refractivity contribution in [1.29, 1.82) is 0 Å². The lowest BCUT2D eigenvalue weighted by Gasteiger charge is -2.19. The monoisotopic (exact) mass is 308 g/mol. The molecule has 0 aliphatic rings. The summed E-state index contributed by atoms with van der Waals surface area (Å²) < 4.78 is 39.4. The largest absolute Gasteiger partial charge is 0.396 e. The van der Waals surface area contributed by atoms with Crippen molar-refractivity contribution in [3.05, 3.63) is 23.0 Å². The molecule has 0 spiro atoms. The second-order valence-electron chi connectivity index (χ2n) is 4.82. The van der Waals surface area contributed by atoms with Crippen LogP contribution < -0.4 is 5.73 Å². The fourth-order valence-electron chi connectivity index (χ4n) is 1.50. The van der Waals surface area contributed by atoms with E-state index in [4.69, 9.17) is 17.3 Å². The number of hydrogen-bond acceptors (Lipinski definition) is 3. The maximum absolute atomic E-state index is 13.8. The van der Waals surface area contributed by atoms with Gasteiger partial charge in [-0.3, -0.25) is 0 Å². The molecule has 0 saturated carbocycles. The van der Waals surface area contributed by atoms with Crippen molar-refractivity contribution in [3.63, 3.8) is 0 Å². The Morgan fingerprint density at radius 1 is 1.42 bits per heavy atom. The summed E-state index contributed by atoms with van der Waals surface area (Å²) in [6.45, 7) is 4.28. The van der Waals surface area contributed by atoms with Crippen LogP contribution in [0.5, 0.6) is 0 Å². The van der Waals surface area contributed by atoms with Gasteiger partial charge in [0, 0.05) is 18.6 Å². The summed E-state index contributed by atoms with van der Waals surface area (Å²) in [6, 6.07) is 2.26. The molecule has 19 heavy (non-hydrogen) atoms. The number of sulfonamides is 1. The van der Waals surface area contributed by atoms with Crippen molar-refractivity contribution in [1.82, 2.24) is 4.31 Å². The number of nitrogens with zero attached hydrogens (tertiary/aromatic N) is 1. The van der Waals surface area contributed by atoms with Gasteiger partial charge in [0.15, 0.2) is 5.82 Å². The lowest BCUT2D eigenvalue weighted by Crippen LogP contribution is -2.29. The van der Waals surface area contributed by atoms with E-state index in [2.05, 4.69) is 0 Å². The van der Waals surface area contributed by atoms with E-state index in [9.17, 15) is 12.8 Å². The van der Waals surface area contributed by atoms with E-state index in [0.29, 0.717) is 18.9 Å². The summed E-state index contributed by atoms with van der Waals surface area (Å²) in [7, 11) is -2.51. The second-order valence-corrected chi connectivity index (χ2v) is 7.27. The van der Waals surface area contributed by atoms with Crippen LogP contribution in [0.4, 0.5) is 10.1 Å². The minimum Gasteiger partial charge on any atom is -0.396 e. The highest BCUT2D eigenvalue weighted by molar-refractivity contribution is 7.89. The lowest BCUT2D eigenvalue weighted by atomic mass is 10.1. The number of benzene rings is 1. The molecule has 108 valence electrons. The zero-order valence-corrected chi connectivity index (χ0v) is 12.7. The van der Waals surface area contributed by atoms with Crippen LogP contribution in [0.2, 0.25) is 5.02 Å². The van der Waals surface area contributed by atoms with E-state index in [1.807, 2.05) is 13.8 Å². The molecule has 0 saturated heterocycles. The van der Waals surface area contributed by atoms with Gasteiger partial charge >= 0.3 is 0 Å². The predicted molar refractivity (Wildman–Crippen MR) is 75.1 cm³/mol. The molecule has 0 aromatic heterocycles. The van der Waals surface area contributed by atoms with Crippen molar-refractivity contribution in [2.45, 2.75) is 25.2 Å². The minimum absolute atomic E-state index is 0.0923. The van der Waals surface area contributed by atoms with Gasteiger partial charge in [0.25, 0.3) is 0 Å². The Morgan fingerprint density at radius 2 is 2.00 bits per heavy atom. The smallest absolute Gasteiger partial charge is 0.245 e. The summed E-state index contributed by atoms with van der Waals surface area (Å²) in [5.74, 6) is -0.604. The maximum Gasteiger partial charge on any atom is 0.245 e. The molecule has 0 atom stereocenters. The topological polar surface area (TPSA) is 63.4 Å². The zero-order valence-electron chi connectivity index (χ0n) is 11.2. The van der Waals surface area contributed by atoms with Gasteiger partial charge in [-0.25, -0.2) is 17.1 Å². The fourth-order valence-corrected chi connectivity index (χ4v) is 3.09. The predicted octanol–water partition coefficient (Wildman–Crippen LogP) is 2.73. The first kappa shape index (κ1) is 16.2. The first-order valence-corrected chi connectivity index (χ1v) is 7.69. The SMILES string of the molecule is CC(C)CCN(C)S(=O)(=O)c1cc(Cl)cc(N)c1F. The molecule has 0 amide bonds. The summed E-state index contributed by atoms with van der Waals surface area (Å²) in [6.07, 6.45) is 0.688. The van der Waals surface area contributed by atoms with Gasteiger partial charge < -0.3 is 5.73 Å². The van der Waals surface area contributed by atoms with Gasteiger partial charge in [-0.15, -0.1) is 0 Å². The number of rotatable bonds is 5. The number of hydrogen-bond donors (Lipinski definition) is 1. The van der Waals surface area contributed by atoms with Crippen LogP contribution in [-0.2, 0) is 10.0 Å². The van der Waals surface area contributed by atoms with Crippen molar-refractivity contribution in [2.75, 3.05) is 19.3 Å². The molecule has 0 radical (unpaired) electrons. The highest BCUT2D eigenvalue weighted by Gasteiger charge is 2.26. The van der Waals surface area contributed by atoms with E-state index >= 15 is 0 Å². The average molecular weight is 309 g/mol. The Labute approximate surface area is 118 Å². The molecular formula is C12H18ClFN2O2S. The zero-order chi connectivity index (χ0) is 14.8. The third-order valence-corrected chi connectivity index (χ3v) is 4.82. The van der Waals surface area contributed by atoms with Gasteiger partial charge in [0.2, 0.25) is 10.0 Å². The molecule has 0 aliphatic heterocycles. The number of halogens is 2. The Morgan fingerprint density at radius 3 is 2.53 bits per heavy atom. The quantitative estimate of drug-likeness (QED) is 0.851. The molecule has 2 N–H and O–H groups in total. The summed E-state index contributed by atoms with van der Waals surface area (Å²) in [5.41, 5.74) is 5.12. The highest BCUT2D eigenvalue weighted by atomic mass is 35.5. The summed E-state index contributed by atoms with van der Waals surface area (Å²) in [5, 5.41) is 0.0923. The maximum atomic E-state index is 13.8. The van der Waals surface area contributed by atoms with E-state index in [1.165, 1.54) is 13.1 Å². The van der Waals surface area contributed by atoms with Crippen LogP contribution >= 0.6 is 11.6 Å². The number of nitrogen functional groups attached to an aromatic ring is 1. The number of anilines is 1. The van der Waals surface area contributed by atoms with Crippen molar-refractivity contribution >= 4 is 27.3 Å². The Kier molecular flexibility index (Phi) is 5.18. The van der Waals surface area contributed by atoms with Crippen LogP contribution in [0.1, 0.15) is 20.3 Å². The van der Waals surface area contributed by atoms with Crippen LogP contribution in [-0.4, -0.2) is 26.3 Å². The van der Waals surface area contributed by atoms with Crippen molar-refractivity contribution in [3.8, 4) is 0 Å². The molecule has 4 nitrogen and oxygen atoms in total. The molecule has 1 aromatic carbocycles. The molecule has 0 bridgehead atoms. The van der Waals surface area contributed by atoms with E-state index in [0.717, 1.165) is 10.4 Å². The molecule has 1 rings (SSSR count). The lowest BCUT2D eigenvalue weighted by molar-refractivity contribution is 0.425. The Balaban J connectivity index is 3.13. The Bertz CT molecular complexity index is 561. The standard InChI is InChI=1S/C12H18ClFN2O2S/c1-8(2)4-5-16(3)19(17,18)11-7-9(13)6-10(15)12(11)14/h6-8H,4-5,15H2,1-3H3. The van der Waals surface area contributed by atoms with Crippen LogP contribution in [0.3, 0.4) is 0 Å². The third-order valence-electron chi connectivity index (χ3n) is 2.74.